The number of nitrogens with one attached hydrogen (secondary N) is 1. The van der Waals surface area contributed by atoms with Gasteiger partial charge < -0.3 is 19.4 Å². The highest BCUT2D eigenvalue weighted by molar-refractivity contribution is 5.85. The van der Waals surface area contributed by atoms with Gasteiger partial charge in [-0.2, -0.15) is 0 Å². The second kappa shape index (κ2) is 9.68. The van der Waals surface area contributed by atoms with Crippen molar-refractivity contribution in [3.63, 3.8) is 0 Å². The smallest absolute Gasteiger partial charge is 0.241 e. The molecule has 0 unspecified atom stereocenters. The van der Waals surface area contributed by atoms with E-state index < -0.39 is 0 Å². The summed E-state index contributed by atoms with van der Waals surface area (Å²) >= 11 is 0. The Morgan fingerprint density at radius 2 is 1.91 bits per heavy atom. The largest absolute Gasteiger partial charge is 0.382 e. The quantitative estimate of drug-likeness (QED) is 0.387. The number of pyridine rings is 1. The van der Waals surface area contributed by atoms with Gasteiger partial charge in [-0.25, -0.2) is 19.5 Å². The molecule has 0 amide bonds. The standard InChI is InChI=1S/C25H33N7O2/c1-16(2)32-17(3)28-24-22(32)13-18(14-26-24)21-9-10-31-23(21)15-27-25(30-31)29-19-5-7-20(8-6-19)34-12-11-33-4/h9-10,13-16,19-20H,5-8,11-12H2,1-4H3,(H,29,30). The van der Waals surface area contributed by atoms with Crippen LogP contribution in [0.4, 0.5) is 5.95 Å². The van der Waals surface area contributed by atoms with Crippen molar-refractivity contribution in [3.8, 4) is 11.1 Å². The zero-order valence-electron chi connectivity index (χ0n) is 20.4. The molecule has 9 nitrogen and oxygen atoms in total. The number of hydrogen-bond acceptors (Lipinski definition) is 7. The first kappa shape index (κ1) is 22.7. The van der Waals surface area contributed by atoms with E-state index in [1.807, 2.05) is 30.0 Å². The van der Waals surface area contributed by atoms with Gasteiger partial charge in [0.2, 0.25) is 5.95 Å². The molecule has 0 aromatic carbocycles. The third kappa shape index (κ3) is 4.50. The van der Waals surface area contributed by atoms with E-state index in [9.17, 15) is 0 Å². The van der Waals surface area contributed by atoms with Crippen LogP contribution in [0.1, 0.15) is 51.4 Å². The highest BCUT2D eigenvalue weighted by Crippen LogP contribution is 2.29. The molecule has 0 spiro atoms. The lowest BCUT2D eigenvalue weighted by molar-refractivity contribution is -0.00158. The Kier molecular flexibility index (Phi) is 6.47. The summed E-state index contributed by atoms with van der Waals surface area (Å²) in [6.45, 7) is 7.67. The summed E-state index contributed by atoms with van der Waals surface area (Å²) in [4.78, 5) is 13.9. The van der Waals surface area contributed by atoms with Crippen molar-refractivity contribution in [3.05, 3.63) is 36.5 Å². The van der Waals surface area contributed by atoms with Gasteiger partial charge in [-0.05, 0) is 58.6 Å². The number of rotatable bonds is 8. The Morgan fingerprint density at radius 1 is 1.09 bits per heavy atom. The number of hydrogen-bond donors (Lipinski definition) is 1. The molecule has 0 bridgehead atoms. The normalized spacial score (nSPS) is 18.9. The number of aryl methyl sites for hydroxylation is 1. The molecule has 0 radical (unpaired) electrons. The molecular weight excluding hydrogens is 430 g/mol. The highest BCUT2D eigenvalue weighted by Gasteiger charge is 2.22. The minimum Gasteiger partial charge on any atom is -0.382 e. The molecule has 34 heavy (non-hydrogen) atoms. The molecule has 180 valence electrons. The van der Waals surface area contributed by atoms with Crippen molar-refractivity contribution in [1.29, 1.82) is 0 Å². The summed E-state index contributed by atoms with van der Waals surface area (Å²) in [6, 6.07) is 4.91. The van der Waals surface area contributed by atoms with Gasteiger partial charge in [-0.1, -0.05) is 0 Å². The first-order chi connectivity index (χ1) is 16.5. The van der Waals surface area contributed by atoms with E-state index in [0.717, 1.165) is 59.3 Å². The van der Waals surface area contributed by atoms with Gasteiger partial charge >= 0.3 is 0 Å². The van der Waals surface area contributed by atoms with Crippen LogP contribution < -0.4 is 5.32 Å². The summed E-state index contributed by atoms with van der Waals surface area (Å²) in [7, 11) is 1.70. The third-order valence-electron chi connectivity index (χ3n) is 6.62. The van der Waals surface area contributed by atoms with Crippen LogP contribution >= 0.6 is 0 Å². The Morgan fingerprint density at radius 3 is 2.68 bits per heavy atom. The fourth-order valence-electron chi connectivity index (χ4n) is 4.95. The summed E-state index contributed by atoms with van der Waals surface area (Å²) < 4.78 is 15.1. The fourth-order valence-corrected chi connectivity index (χ4v) is 4.95. The van der Waals surface area contributed by atoms with Crippen molar-refractivity contribution in [2.45, 2.75) is 64.6 Å². The van der Waals surface area contributed by atoms with Gasteiger partial charge in [0.05, 0.1) is 36.5 Å². The monoisotopic (exact) mass is 463 g/mol. The second-order valence-corrected chi connectivity index (χ2v) is 9.31. The van der Waals surface area contributed by atoms with E-state index in [2.05, 4.69) is 50.8 Å². The van der Waals surface area contributed by atoms with Crippen LogP contribution in [0.3, 0.4) is 0 Å². The molecule has 4 aromatic heterocycles. The lowest BCUT2D eigenvalue weighted by Crippen LogP contribution is -2.31. The number of fused-ring (bicyclic) bond motifs is 2. The van der Waals surface area contributed by atoms with Gasteiger partial charge in [-0.3, -0.25) is 0 Å². The minimum absolute atomic E-state index is 0.316. The maximum absolute atomic E-state index is 5.87. The number of aromatic nitrogens is 6. The molecule has 1 N–H and O–H groups in total. The Balaban J connectivity index is 1.31. The molecule has 1 aliphatic carbocycles. The molecule has 0 aliphatic heterocycles. The predicted octanol–water partition coefficient (Wildman–Crippen LogP) is 4.42. The maximum Gasteiger partial charge on any atom is 0.241 e. The second-order valence-electron chi connectivity index (χ2n) is 9.31. The molecule has 4 aromatic rings. The van der Waals surface area contributed by atoms with Gasteiger partial charge in [0.1, 0.15) is 5.82 Å². The average Bonchev–Trinajstić information content (AvgIpc) is 3.39. The maximum atomic E-state index is 5.87. The molecule has 1 aliphatic rings. The van der Waals surface area contributed by atoms with E-state index >= 15 is 0 Å². The molecule has 0 saturated heterocycles. The summed E-state index contributed by atoms with van der Waals surface area (Å²) in [5.41, 5.74) is 4.87. The number of imidazole rings is 1. The lowest BCUT2D eigenvalue weighted by atomic mass is 9.93. The minimum atomic E-state index is 0.316. The topological polar surface area (TPSA) is 91.4 Å². The summed E-state index contributed by atoms with van der Waals surface area (Å²) in [6.07, 6.45) is 10.2. The van der Waals surface area contributed by atoms with E-state index in [-0.39, 0.29) is 0 Å². The molecule has 1 saturated carbocycles. The van der Waals surface area contributed by atoms with Crippen LogP contribution in [0.25, 0.3) is 27.8 Å². The Labute approximate surface area is 199 Å². The van der Waals surface area contributed by atoms with Crippen LogP contribution in [-0.2, 0) is 9.47 Å². The Hall–Kier alpha value is -3.04. The molecule has 9 heteroatoms. The number of methoxy groups -OCH3 is 1. The summed E-state index contributed by atoms with van der Waals surface area (Å²) in [5, 5.41) is 8.23. The van der Waals surface area contributed by atoms with E-state index in [4.69, 9.17) is 14.6 Å². The van der Waals surface area contributed by atoms with E-state index in [0.29, 0.717) is 37.3 Å². The zero-order chi connectivity index (χ0) is 23.7. The van der Waals surface area contributed by atoms with Crippen molar-refractivity contribution >= 4 is 22.6 Å². The van der Waals surface area contributed by atoms with Crippen molar-refractivity contribution < 1.29 is 9.47 Å². The molecular formula is C25H33N7O2. The zero-order valence-corrected chi connectivity index (χ0v) is 20.4. The number of anilines is 1. The van der Waals surface area contributed by atoms with Crippen LogP contribution in [0.2, 0.25) is 0 Å². The van der Waals surface area contributed by atoms with Crippen molar-refractivity contribution in [1.82, 2.24) is 29.1 Å². The molecule has 5 rings (SSSR count). The first-order valence-electron chi connectivity index (χ1n) is 12.1. The molecule has 1 fully saturated rings. The summed E-state index contributed by atoms with van der Waals surface area (Å²) in [5.74, 6) is 1.63. The Bertz CT molecular complexity index is 1270. The van der Waals surface area contributed by atoms with Crippen molar-refractivity contribution in [2.75, 3.05) is 25.6 Å². The molecule has 0 atom stereocenters. The van der Waals surface area contributed by atoms with Gasteiger partial charge in [0.15, 0.2) is 5.65 Å². The number of ether oxygens (including phenoxy) is 2. The predicted molar refractivity (Wildman–Crippen MR) is 132 cm³/mol. The highest BCUT2D eigenvalue weighted by atomic mass is 16.5. The molecule has 4 heterocycles. The van der Waals surface area contributed by atoms with Crippen LogP contribution in [0, 0.1) is 6.92 Å². The first-order valence-corrected chi connectivity index (χ1v) is 12.1. The lowest BCUT2D eigenvalue weighted by Gasteiger charge is -2.29. The van der Waals surface area contributed by atoms with Gasteiger partial charge in [0, 0.05) is 42.7 Å². The SMILES string of the molecule is COCCOC1CCC(Nc2ncc3c(-c4cnc5nc(C)n(C(C)C)c5c4)ccn3n2)CC1. The van der Waals surface area contributed by atoms with Gasteiger partial charge in [-0.15, -0.1) is 5.10 Å². The van der Waals surface area contributed by atoms with Gasteiger partial charge in [0.25, 0.3) is 0 Å². The van der Waals surface area contributed by atoms with Crippen LogP contribution in [0.5, 0.6) is 0 Å². The van der Waals surface area contributed by atoms with Crippen LogP contribution in [-0.4, -0.2) is 61.6 Å². The number of nitrogens with zero attached hydrogens (tertiary/aromatic N) is 6. The van der Waals surface area contributed by atoms with E-state index in [1.165, 1.54) is 0 Å². The average molecular weight is 464 g/mol. The van der Waals surface area contributed by atoms with Crippen molar-refractivity contribution in [2.24, 2.45) is 0 Å². The fraction of sp³-hybridized carbons (Fsp3) is 0.520. The van der Waals surface area contributed by atoms with E-state index in [1.54, 1.807) is 7.11 Å². The van der Waals surface area contributed by atoms with Crippen LogP contribution in [0.15, 0.2) is 30.7 Å². The third-order valence-corrected chi connectivity index (χ3v) is 6.62.